The summed E-state index contributed by atoms with van der Waals surface area (Å²) in [5.74, 6) is 0.448. The summed E-state index contributed by atoms with van der Waals surface area (Å²) >= 11 is 0. The third-order valence-electron chi connectivity index (χ3n) is 9.19. The average Bonchev–Trinajstić information content (AvgIpc) is 2.85. The van der Waals surface area contributed by atoms with Crippen molar-refractivity contribution in [2.45, 2.75) is 83.3 Å². The van der Waals surface area contributed by atoms with Crippen molar-refractivity contribution in [3.8, 4) is 11.3 Å². The Morgan fingerprint density at radius 3 is 2.58 bits per heavy atom. The highest BCUT2D eigenvalue weighted by Crippen LogP contribution is 2.54. The van der Waals surface area contributed by atoms with E-state index in [1.54, 1.807) is 18.2 Å². The Labute approximate surface area is 212 Å². The minimum absolute atomic E-state index is 0.00849. The van der Waals surface area contributed by atoms with Crippen molar-refractivity contribution in [2.24, 2.45) is 17.3 Å². The zero-order valence-electron chi connectivity index (χ0n) is 21.3. The lowest BCUT2D eigenvalue weighted by atomic mass is 9.55. The largest absolute Gasteiger partial charge is 0.387 e. The zero-order valence-corrected chi connectivity index (χ0v) is 21.3. The molecule has 3 aliphatic rings. The molecule has 0 bridgehead atoms. The first-order valence-electron chi connectivity index (χ1n) is 13.6. The number of likely N-dealkylation sites (tertiary alicyclic amines) is 1. The highest BCUT2D eigenvalue weighted by molar-refractivity contribution is 5.78. The number of piperidine rings is 1. The highest BCUT2D eigenvalue weighted by atomic mass is 19.1. The number of carbonyl (C=O) groups excluding carboxylic acids is 1. The Morgan fingerprint density at radius 2 is 1.92 bits per heavy atom. The van der Waals surface area contributed by atoms with Crippen LogP contribution in [-0.2, 0) is 11.3 Å². The molecule has 1 saturated heterocycles. The molecule has 194 valence electrons. The summed E-state index contributed by atoms with van der Waals surface area (Å²) in [6, 6.07) is 7.58. The lowest BCUT2D eigenvalue weighted by molar-refractivity contribution is -0.187. The summed E-state index contributed by atoms with van der Waals surface area (Å²) in [7, 11) is 0. The number of hydrogen-bond donors (Lipinski definition) is 1. The Morgan fingerprint density at radius 1 is 1.17 bits per heavy atom. The van der Waals surface area contributed by atoms with E-state index in [9.17, 15) is 19.1 Å². The molecule has 0 unspecified atom stereocenters. The van der Waals surface area contributed by atoms with Crippen LogP contribution in [0, 0.1) is 23.1 Å². The standard InChI is InChI=1S/C29H38FN3O3/c1-21(16-22-8-3-2-4-9-22)27(35)32-15-14-29(36,28(18-32)12-7-13-28)19-33-20-31-25(17-26(33)34)23-10-5-6-11-24(23)30/h5-6,10-11,17,20-22,36H,2-4,7-9,12-16,18-19H2,1H3/t21-,29-/m1/s1. The molecular formula is C29H38FN3O3. The lowest BCUT2D eigenvalue weighted by Gasteiger charge is -2.58. The molecule has 1 aliphatic heterocycles. The smallest absolute Gasteiger partial charge is 0.253 e. The first-order valence-corrected chi connectivity index (χ1v) is 13.6. The zero-order chi connectivity index (χ0) is 25.3. The summed E-state index contributed by atoms with van der Waals surface area (Å²) < 4.78 is 15.6. The first-order chi connectivity index (χ1) is 17.3. The molecule has 1 amide bonds. The number of aliphatic hydroxyl groups is 1. The number of rotatable bonds is 6. The second-order valence-electron chi connectivity index (χ2n) is 11.5. The molecule has 7 heteroatoms. The number of aromatic nitrogens is 2. The van der Waals surface area contributed by atoms with Gasteiger partial charge in [-0.1, -0.05) is 57.6 Å². The maximum Gasteiger partial charge on any atom is 0.253 e. The Balaban J connectivity index is 1.29. The van der Waals surface area contributed by atoms with Crippen LogP contribution in [0.1, 0.15) is 71.1 Å². The monoisotopic (exact) mass is 495 g/mol. The Bertz CT molecular complexity index is 1150. The molecule has 0 radical (unpaired) electrons. The molecule has 1 N–H and O–H groups in total. The van der Waals surface area contributed by atoms with Crippen LogP contribution in [0.5, 0.6) is 0 Å². The SMILES string of the molecule is C[C@H](CC1CCCCC1)C(=O)N1CC[C@@](O)(Cn2cnc(-c3ccccc3F)cc2=O)C2(CCC2)C1. The first kappa shape index (κ1) is 25.1. The lowest BCUT2D eigenvalue weighted by Crippen LogP contribution is -2.66. The second-order valence-corrected chi connectivity index (χ2v) is 11.5. The molecule has 5 rings (SSSR count). The number of halogens is 1. The van der Waals surface area contributed by atoms with E-state index in [4.69, 9.17) is 0 Å². The molecule has 1 aromatic heterocycles. The van der Waals surface area contributed by atoms with Crippen molar-refractivity contribution in [1.82, 2.24) is 14.5 Å². The highest BCUT2D eigenvalue weighted by Gasteiger charge is 2.57. The summed E-state index contributed by atoms with van der Waals surface area (Å²) in [6.07, 6.45) is 11.9. The van der Waals surface area contributed by atoms with Crippen LogP contribution < -0.4 is 5.56 Å². The number of benzene rings is 1. The third kappa shape index (κ3) is 4.74. The van der Waals surface area contributed by atoms with Crippen LogP contribution in [0.4, 0.5) is 4.39 Å². The average molecular weight is 496 g/mol. The summed E-state index contributed by atoms with van der Waals surface area (Å²) in [5.41, 5.74) is -1.22. The van der Waals surface area contributed by atoms with Gasteiger partial charge in [-0.3, -0.25) is 14.2 Å². The van der Waals surface area contributed by atoms with Crippen molar-refractivity contribution in [3.05, 3.63) is 52.8 Å². The van der Waals surface area contributed by atoms with Gasteiger partial charge in [-0.25, -0.2) is 9.37 Å². The molecule has 2 atom stereocenters. The van der Waals surface area contributed by atoms with Gasteiger partial charge in [-0.15, -0.1) is 0 Å². The summed E-state index contributed by atoms with van der Waals surface area (Å²) in [4.78, 5) is 32.6. The fraction of sp³-hybridized carbons (Fsp3) is 0.621. The summed E-state index contributed by atoms with van der Waals surface area (Å²) in [5, 5.41) is 11.9. The van der Waals surface area contributed by atoms with Crippen molar-refractivity contribution in [3.63, 3.8) is 0 Å². The number of carbonyl (C=O) groups is 1. The van der Waals surface area contributed by atoms with Crippen LogP contribution >= 0.6 is 0 Å². The van der Waals surface area contributed by atoms with E-state index < -0.39 is 16.8 Å². The van der Waals surface area contributed by atoms with E-state index in [0.29, 0.717) is 25.4 Å². The number of nitrogens with zero attached hydrogens (tertiary/aromatic N) is 3. The van der Waals surface area contributed by atoms with Gasteiger partial charge < -0.3 is 10.0 Å². The van der Waals surface area contributed by atoms with Gasteiger partial charge in [0.15, 0.2) is 0 Å². The Kier molecular flexibility index (Phi) is 7.03. The summed E-state index contributed by atoms with van der Waals surface area (Å²) in [6.45, 7) is 3.25. The predicted octanol–water partition coefficient (Wildman–Crippen LogP) is 4.79. The van der Waals surface area contributed by atoms with Crippen LogP contribution in [0.2, 0.25) is 0 Å². The molecule has 1 aromatic carbocycles. The van der Waals surface area contributed by atoms with Crippen LogP contribution in [0.25, 0.3) is 11.3 Å². The molecular weight excluding hydrogens is 457 g/mol. The molecule has 6 nitrogen and oxygen atoms in total. The van der Waals surface area contributed by atoms with Crippen LogP contribution in [0.3, 0.4) is 0 Å². The van der Waals surface area contributed by atoms with Crippen molar-refractivity contribution in [1.29, 1.82) is 0 Å². The van der Waals surface area contributed by atoms with Gasteiger partial charge in [0.2, 0.25) is 5.91 Å². The van der Waals surface area contributed by atoms with Crippen molar-refractivity contribution >= 4 is 5.91 Å². The van der Waals surface area contributed by atoms with Crippen LogP contribution in [0.15, 0.2) is 41.5 Å². The van der Waals surface area contributed by atoms with E-state index in [1.165, 1.54) is 55.1 Å². The Hall–Kier alpha value is -2.54. The quantitative estimate of drug-likeness (QED) is 0.625. The van der Waals surface area contributed by atoms with Gasteiger partial charge >= 0.3 is 0 Å². The minimum Gasteiger partial charge on any atom is -0.387 e. The molecule has 2 aromatic rings. The molecule has 36 heavy (non-hydrogen) atoms. The minimum atomic E-state index is -1.08. The van der Waals surface area contributed by atoms with E-state index in [1.807, 2.05) is 4.90 Å². The normalized spacial score (nSPS) is 24.9. The van der Waals surface area contributed by atoms with E-state index in [-0.39, 0.29) is 35.2 Å². The van der Waals surface area contributed by atoms with Crippen molar-refractivity contribution < 1.29 is 14.3 Å². The second kappa shape index (κ2) is 10.1. The number of hydrogen-bond acceptors (Lipinski definition) is 4. The van der Waals surface area contributed by atoms with E-state index >= 15 is 0 Å². The van der Waals surface area contributed by atoms with Gasteiger partial charge in [0.25, 0.3) is 5.56 Å². The molecule has 3 fully saturated rings. The predicted molar refractivity (Wildman–Crippen MR) is 137 cm³/mol. The van der Waals surface area contributed by atoms with Gasteiger partial charge in [-0.2, -0.15) is 0 Å². The maximum absolute atomic E-state index is 14.2. The van der Waals surface area contributed by atoms with Gasteiger partial charge in [-0.05, 0) is 43.7 Å². The van der Waals surface area contributed by atoms with E-state index in [2.05, 4.69) is 11.9 Å². The molecule has 2 saturated carbocycles. The number of amides is 1. The fourth-order valence-electron chi connectivity index (χ4n) is 6.82. The van der Waals surface area contributed by atoms with Crippen molar-refractivity contribution in [2.75, 3.05) is 13.1 Å². The third-order valence-corrected chi connectivity index (χ3v) is 9.19. The molecule has 1 spiro atoms. The molecule has 2 aliphatic carbocycles. The van der Waals surface area contributed by atoms with Gasteiger partial charge in [0.1, 0.15) is 5.82 Å². The molecule has 2 heterocycles. The van der Waals surface area contributed by atoms with Gasteiger partial charge in [0.05, 0.1) is 24.2 Å². The topological polar surface area (TPSA) is 75.4 Å². The fourth-order valence-corrected chi connectivity index (χ4v) is 6.82. The van der Waals surface area contributed by atoms with Crippen LogP contribution in [-0.4, -0.2) is 44.2 Å². The maximum atomic E-state index is 14.2. The van der Waals surface area contributed by atoms with Gasteiger partial charge in [0, 0.05) is 36.1 Å². The van der Waals surface area contributed by atoms with E-state index in [0.717, 1.165) is 25.7 Å².